The van der Waals surface area contributed by atoms with Crippen LogP contribution in [0, 0.1) is 17.2 Å². The SMILES string of the molecule is N#Cc1cccc(CS(=O)(=O)N2CCC(C(=O)NCc3ccccc3)CC2)c1. The van der Waals surface area contributed by atoms with Gasteiger partial charge in [0.2, 0.25) is 15.9 Å². The number of nitrogens with zero attached hydrogens (tertiary/aromatic N) is 2. The van der Waals surface area contributed by atoms with Gasteiger partial charge < -0.3 is 5.32 Å². The molecule has 1 aliphatic heterocycles. The molecule has 1 amide bonds. The summed E-state index contributed by atoms with van der Waals surface area (Å²) in [5.74, 6) is -0.326. The first kappa shape index (κ1) is 20.1. The fourth-order valence-corrected chi connectivity index (χ4v) is 4.91. The first-order chi connectivity index (χ1) is 13.5. The van der Waals surface area contributed by atoms with Gasteiger partial charge in [-0.1, -0.05) is 42.5 Å². The van der Waals surface area contributed by atoms with E-state index in [0.29, 0.717) is 43.6 Å². The van der Waals surface area contributed by atoms with Gasteiger partial charge in [-0.15, -0.1) is 0 Å². The molecule has 0 saturated carbocycles. The van der Waals surface area contributed by atoms with Crippen molar-refractivity contribution in [2.24, 2.45) is 5.92 Å². The van der Waals surface area contributed by atoms with Crippen LogP contribution in [0.2, 0.25) is 0 Å². The molecule has 0 unspecified atom stereocenters. The summed E-state index contributed by atoms with van der Waals surface area (Å²) in [4.78, 5) is 12.4. The quantitative estimate of drug-likeness (QED) is 0.810. The van der Waals surface area contributed by atoms with Gasteiger partial charge in [-0.25, -0.2) is 12.7 Å². The molecule has 2 aromatic carbocycles. The van der Waals surface area contributed by atoms with Gasteiger partial charge >= 0.3 is 0 Å². The summed E-state index contributed by atoms with van der Waals surface area (Å²) in [5, 5.41) is 11.9. The van der Waals surface area contributed by atoms with Crippen LogP contribution in [0.25, 0.3) is 0 Å². The molecule has 0 aromatic heterocycles. The smallest absolute Gasteiger partial charge is 0.223 e. The lowest BCUT2D eigenvalue weighted by Gasteiger charge is -2.30. The highest BCUT2D eigenvalue weighted by Gasteiger charge is 2.31. The molecule has 1 heterocycles. The van der Waals surface area contributed by atoms with Gasteiger partial charge in [0.25, 0.3) is 0 Å². The van der Waals surface area contributed by atoms with Gasteiger partial charge in [0, 0.05) is 25.6 Å². The maximum absolute atomic E-state index is 12.7. The molecule has 6 nitrogen and oxygen atoms in total. The summed E-state index contributed by atoms with van der Waals surface area (Å²) in [6.45, 7) is 1.15. The van der Waals surface area contributed by atoms with E-state index in [4.69, 9.17) is 5.26 Å². The van der Waals surface area contributed by atoms with Crippen molar-refractivity contribution in [3.05, 3.63) is 71.3 Å². The topological polar surface area (TPSA) is 90.3 Å². The number of piperidine rings is 1. The van der Waals surface area contributed by atoms with E-state index in [1.165, 1.54) is 4.31 Å². The van der Waals surface area contributed by atoms with Crippen LogP contribution in [-0.4, -0.2) is 31.7 Å². The van der Waals surface area contributed by atoms with E-state index in [9.17, 15) is 13.2 Å². The summed E-state index contributed by atoms with van der Waals surface area (Å²) >= 11 is 0. The number of nitrogens with one attached hydrogen (secondary N) is 1. The summed E-state index contributed by atoms with van der Waals surface area (Å²) < 4.78 is 26.8. The van der Waals surface area contributed by atoms with Crippen LogP contribution in [0.4, 0.5) is 0 Å². The van der Waals surface area contributed by atoms with Crippen molar-refractivity contribution >= 4 is 15.9 Å². The summed E-state index contributed by atoms with van der Waals surface area (Å²) in [6.07, 6.45) is 1.02. The molecule has 0 radical (unpaired) electrons. The number of amides is 1. The molecule has 28 heavy (non-hydrogen) atoms. The number of benzene rings is 2. The van der Waals surface area contributed by atoms with E-state index in [-0.39, 0.29) is 17.6 Å². The van der Waals surface area contributed by atoms with E-state index in [0.717, 1.165) is 5.56 Å². The average Bonchev–Trinajstić information content (AvgIpc) is 2.72. The van der Waals surface area contributed by atoms with Gasteiger partial charge in [-0.3, -0.25) is 4.79 Å². The third kappa shape index (κ3) is 5.18. The highest BCUT2D eigenvalue weighted by Crippen LogP contribution is 2.22. The molecule has 1 aliphatic rings. The Morgan fingerprint density at radius 3 is 2.43 bits per heavy atom. The number of hydrogen-bond acceptors (Lipinski definition) is 4. The fraction of sp³-hybridized carbons (Fsp3) is 0.333. The van der Waals surface area contributed by atoms with Gasteiger partial charge in [0.05, 0.1) is 17.4 Å². The van der Waals surface area contributed by atoms with Crippen LogP contribution in [0.5, 0.6) is 0 Å². The van der Waals surface area contributed by atoms with Crippen LogP contribution in [0.15, 0.2) is 54.6 Å². The lowest BCUT2D eigenvalue weighted by atomic mass is 9.97. The van der Waals surface area contributed by atoms with Crippen molar-refractivity contribution in [1.82, 2.24) is 9.62 Å². The second-order valence-corrected chi connectivity index (χ2v) is 8.91. The van der Waals surface area contributed by atoms with Crippen LogP contribution in [0.3, 0.4) is 0 Å². The summed E-state index contributed by atoms with van der Waals surface area (Å²) in [5.41, 5.74) is 2.08. The Labute approximate surface area is 165 Å². The highest BCUT2D eigenvalue weighted by atomic mass is 32.2. The Hall–Kier alpha value is -2.69. The van der Waals surface area contributed by atoms with Crippen molar-refractivity contribution in [3.63, 3.8) is 0 Å². The van der Waals surface area contributed by atoms with E-state index in [1.807, 2.05) is 36.4 Å². The molecular weight excluding hydrogens is 374 g/mol. The zero-order valence-electron chi connectivity index (χ0n) is 15.5. The van der Waals surface area contributed by atoms with Crippen LogP contribution >= 0.6 is 0 Å². The molecule has 0 spiro atoms. The highest BCUT2D eigenvalue weighted by molar-refractivity contribution is 7.88. The molecule has 2 aromatic rings. The Morgan fingerprint density at radius 2 is 1.75 bits per heavy atom. The number of rotatable bonds is 6. The standard InChI is InChI=1S/C21H23N3O3S/c22-14-18-7-4-8-19(13-18)16-28(26,27)24-11-9-20(10-12-24)21(25)23-15-17-5-2-1-3-6-17/h1-8,13,20H,9-12,15-16H2,(H,23,25). The Morgan fingerprint density at radius 1 is 1.07 bits per heavy atom. The zero-order chi connectivity index (χ0) is 20.0. The lowest BCUT2D eigenvalue weighted by Crippen LogP contribution is -2.43. The van der Waals surface area contributed by atoms with Gasteiger partial charge in [0.1, 0.15) is 0 Å². The van der Waals surface area contributed by atoms with Gasteiger partial charge in [0.15, 0.2) is 0 Å². The minimum Gasteiger partial charge on any atom is -0.352 e. The fourth-order valence-electron chi connectivity index (χ4n) is 3.36. The lowest BCUT2D eigenvalue weighted by molar-refractivity contribution is -0.126. The summed E-state index contributed by atoms with van der Waals surface area (Å²) in [7, 11) is -3.47. The third-order valence-corrected chi connectivity index (χ3v) is 6.78. The van der Waals surface area contributed by atoms with Crippen molar-refractivity contribution in [2.75, 3.05) is 13.1 Å². The molecule has 1 fully saturated rings. The third-order valence-electron chi connectivity index (χ3n) is 4.93. The second kappa shape index (κ2) is 9.00. The van der Waals surface area contributed by atoms with Gasteiger partial charge in [-0.05, 0) is 36.1 Å². The number of carbonyl (C=O) groups is 1. The van der Waals surface area contributed by atoms with Crippen LogP contribution in [0.1, 0.15) is 29.5 Å². The molecule has 1 saturated heterocycles. The zero-order valence-corrected chi connectivity index (χ0v) is 16.4. The van der Waals surface area contributed by atoms with Crippen LogP contribution in [-0.2, 0) is 27.1 Å². The monoisotopic (exact) mass is 397 g/mol. The van der Waals surface area contributed by atoms with Crippen molar-refractivity contribution in [1.29, 1.82) is 5.26 Å². The van der Waals surface area contributed by atoms with Crippen LogP contribution < -0.4 is 5.32 Å². The van der Waals surface area contributed by atoms with Crippen molar-refractivity contribution < 1.29 is 13.2 Å². The molecule has 1 N–H and O–H groups in total. The number of carbonyl (C=O) groups excluding carboxylic acids is 1. The molecule has 3 rings (SSSR count). The number of nitriles is 1. The van der Waals surface area contributed by atoms with E-state index >= 15 is 0 Å². The molecule has 146 valence electrons. The molecule has 7 heteroatoms. The minimum atomic E-state index is -3.47. The molecule has 0 aliphatic carbocycles. The second-order valence-electron chi connectivity index (χ2n) is 6.95. The maximum atomic E-state index is 12.7. The van der Waals surface area contributed by atoms with E-state index in [1.54, 1.807) is 24.3 Å². The first-order valence-electron chi connectivity index (χ1n) is 9.26. The first-order valence-corrected chi connectivity index (χ1v) is 10.9. The molecular formula is C21H23N3O3S. The Kier molecular flexibility index (Phi) is 6.45. The Balaban J connectivity index is 1.52. The van der Waals surface area contributed by atoms with Crippen molar-refractivity contribution in [3.8, 4) is 6.07 Å². The van der Waals surface area contributed by atoms with E-state index in [2.05, 4.69) is 5.32 Å². The molecule has 0 bridgehead atoms. The van der Waals surface area contributed by atoms with E-state index < -0.39 is 10.0 Å². The predicted octanol–water partition coefficient (Wildman–Crippen LogP) is 2.42. The predicted molar refractivity (Wildman–Crippen MR) is 106 cm³/mol. The number of hydrogen-bond donors (Lipinski definition) is 1. The maximum Gasteiger partial charge on any atom is 0.223 e. The summed E-state index contributed by atoms with van der Waals surface area (Å²) in [6, 6.07) is 18.4. The largest absolute Gasteiger partial charge is 0.352 e. The van der Waals surface area contributed by atoms with Gasteiger partial charge in [-0.2, -0.15) is 5.26 Å². The number of sulfonamides is 1. The molecule has 0 atom stereocenters. The normalized spacial score (nSPS) is 15.7. The Bertz CT molecular complexity index is 960. The average molecular weight is 398 g/mol. The van der Waals surface area contributed by atoms with Crippen molar-refractivity contribution in [2.45, 2.75) is 25.1 Å². The minimum absolute atomic E-state index is 0.0253.